The van der Waals surface area contributed by atoms with Crippen molar-refractivity contribution in [3.63, 3.8) is 0 Å². The average Bonchev–Trinajstić information content (AvgIpc) is 3.05. The number of nitrogens with one attached hydrogen (secondary N) is 1. The fourth-order valence-electron chi connectivity index (χ4n) is 2.26. The zero-order chi connectivity index (χ0) is 18.9. The first-order chi connectivity index (χ1) is 12.1. The third-order valence-corrected chi connectivity index (χ3v) is 4.95. The van der Waals surface area contributed by atoms with E-state index in [1.54, 1.807) is 12.1 Å². The Hall–Kier alpha value is -2.81. The predicted octanol–water partition coefficient (Wildman–Crippen LogP) is 4.00. The molecule has 0 bridgehead atoms. The molecule has 1 heterocycles. The Bertz CT molecular complexity index is 1030. The highest BCUT2D eigenvalue weighted by molar-refractivity contribution is 7.92. The summed E-state index contributed by atoms with van der Waals surface area (Å²) in [6.07, 6.45) is -2.13. The van der Waals surface area contributed by atoms with E-state index < -0.39 is 21.8 Å². The van der Waals surface area contributed by atoms with E-state index in [0.717, 1.165) is 30.0 Å². The molecule has 1 aromatic heterocycles. The molecule has 0 aliphatic carbocycles. The minimum Gasteiger partial charge on any atom is -0.280 e. The molecule has 0 spiro atoms. The van der Waals surface area contributed by atoms with Crippen LogP contribution in [0.25, 0.3) is 5.69 Å². The maximum absolute atomic E-state index is 12.8. The number of nitrogens with zero attached hydrogens (tertiary/aromatic N) is 2. The third-order valence-electron chi connectivity index (χ3n) is 3.61. The molecule has 0 saturated heterocycles. The lowest BCUT2D eigenvalue weighted by Gasteiger charge is -2.10. The van der Waals surface area contributed by atoms with Crippen LogP contribution < -0.4 is 4.72 Å². The smallest absolute Gasteiger partial charge is 0.280 e. The summed E-state index contributed by atoms with van der Waals surface area (Å²) in [4.78, 5) is -0.157. The summed E-state index contributed by atoms with van der Waals surface area (Å²) in [5.74, 6) is 0. The molecule has 0 saturated carbocycles. The monoisotopic (exact) mass is 381 g/mol. The topological polar surface area (TPSA) is 64.0 Å². The van der Waals surface area contributed by atoms with E-state index in [4.69, 9.17) is 0 Å². The van der Waals surface area contributed by atoms with Gasteiger partial charge in [-0.05, 0) is 37.3 Å². The summed E-state index contributed by atoms with van der Waals surface area (Å²) in [5.41, 5.74) is 0.590. The van der Waals surface area contributed by atoms with Crippen molar-refractivity contribution < 1.29 is 21.6 Å². The Morgan fingerprint density at radius 3 is 2.42 bits per heavy atom. The van der Waals surface area contributed by atoms with Gasteiger partial charge >= 0.3 is 6.18 Å². The second kappa shape index (κ2) is 6.49. The van der Waals surface area contributed by atoms with E-state index in [9.17, 15) is 21.6 Å². The molecule has 9 heteroatoms. The fourth-order valence-corrected chi connectivity index (χ4v) is 3.24. The first-order valence-electron chi connectivity index (χ1n) is 7.47. The maximum Gasteiger partial charge on any atom is 0.416 e. The Morgan fingerprint density at radius 2 is 1.77 bits per heavy atom. The molecule has 0 atom stereocenters. The normalized spacial score (nSPS) is 12.2. The van der Waals surface area contributed by atoms with Crippen LogP contribution >= 0.6 is 0 Å². The van der Waals surface area contributed by atoms with Gasteiger partial charge < -0.3 is 0 Å². The Labute approximate surface area is 148 Å². The summed E-state index contributed by atoms with van der Waals surface area (Å²) in [6.45, 7) is 1.92. The molecular weight excluding hydrogens is 367 g/mol. The van der Waals surface area contributed by atoms with Crippen LogP contribution in [0.3, 0.4) is 0 Å². The van der Waals surface area contributed by atoms with Crippen LogP contribution in [0.5, 0.6) is 0 Å². The van der Waals surface area contributed by atoms with E-state index >= 15 is 0 Å². The largest absolute Gasteiger partial charge is 0.416 e. The first kappa shape index (κ1) is 18.0. The minimum atomic E-state index is -4.56. The van der Waals surface area contributed by atoms with Crippen LogP contribution in [0.15, 0.2) is 65.8 Å². The molecule has 0 unspecified atom stereocenters. The number of hydrogen-bond acceptors (Lipinski definition) is 3. The van der Waals surface area contributed by atoms with Gasteiger partial charge in [0.15, 0.2) is 0 Å². The van der Waals surface area contributed by atoms with Gasteiger partial charge in [0.25, 0.3) is 10.0 Å². The maximum atomic E-state index is 12.8. The van der Waals surface area contributed by atoms with Crippen LogP contribution in [0.4, 0.5) is 18.9 Å². The molecule has 0 aliphatic rings. The molecule has 26 heavy (non-hydrogen) atoms. The van der Waals surface area contributed by atoms with Crippen molar-refractivity contribution in [2.75, 3.05) is 4.72 Å². The van der Waals surface area contributed by atoms with Gasteiger partial charge in [0, 0.05) is 5.69 Å². The fraction of sp³-hybridized carbons (Fsp3) is 0.118. The van der Waals surface area contributed by atoms with Crippen LogP contribution in [0.2, 0.25) is 0 Å². The van der Waals surface area contributed by atoms with E-state index in [0.29, 0.717) is 5.69 Å². The molecule has 136 valence electrons. The van der Waals surface area contributed by atoms with E-state index in [-0.39, 0.29) is 10.6 Å². The molecule has 0 radical (unpaired) electrons. The van der Waals surface area contributed by atoms with Gasteiger partial charge in [-0.25, -0.2) is 13.1 Å². The zero-order valence-corrected chi connectivity index (χ0v) is 14.3. The van der Waals surface area contributed by atoms with Gasteiger partial charge in [-0.1, -0.05) is 23.8 Å². The molecule has 3 rings (SSSR count). The van der Waals surface area contributed by atoms with E-state index in [1.165, 1.54) is 16.9 Å². The lowest BCUT2D eigenvalue weighted by atomic mass is 10.2. The number of hydrogen-bond donors (Lipinski definition) is 1. The van der Waals surface area contributed by atoms with Gasteiger partial charge in [0.1, 0.15) is 4.90 Å². The van der Waals surface area contributed by atoms with Gasteiger partial charge in [0.05, 0.1) is 23.6 Å². The third kappa shape index (κ3) is 3.88. The van der Waals surface area contributed by atoms with Crippen molar-refractivity contribution in [2.45, 2.75) is 18.0 Å². The van der Waals surface area contributed by atoms with Gasteiger partial charge in [-0.2, -0.15) is 18.3 Å². The summed E-state index contributed by atoms with van der Waals surface area (Å²) >= 11 is 0. The number of sulfonamides is 1. The highest BCUT2D eigenvalue weighted by atomic mass is 32.2. The van der Waals surface area contributed by atoms with Crippen molar-refractivity contribution in [2.24, 2.45) is 0 Å². The van der Waals surface area contributed by atoms with E-state index in [2.05, 4.69) is 9.82 Å². The average molecular weight is 381 g/mol. The summed E-state index contributed by atoms with van der Waals surface area (Å²) in [7, 11) is -4.07. The van der Waals surface area contributed by atoms with Crippen LogP contribution in [-0.4, -0.2) is 18.2 Å². The predicted molar refractivity (Wildman–Crippen MR) is 90.6 cm³/mol. The lowest BCUT2D eigenvalue weighted by Crippen LogP contribution is -2.13. The molecule has 1 N–H and O–H groups in total. The summed E-state index contributed by atoms with van der Waals surface area (Å²) in [5, 5.41) is 4.00. The SMILES string of the molecule is Cc1ccc(-n2cc(S(=O)(=O)Nc3cccc(C(F)(F)F)c3)cn2)cc1. The lowest BCUT2D eigenvalue weighted by molar-refractivity contribution is -0.137. The van der Waals surface area contributed by atoms with Crippen molar-refractivity contribution in [1.82, 2.24) is 9.78 Å². The van der Waals surface area contributed by atoms with Crippen LogP contribution in [-0.2, 0) is 16.2 Å². The number of aryl methyl sites for hydroxylation is 1. The molecule has 5 nitrogen and oxygen atoms in total. The number of anilines is 1. The highest BCUT2D eigenvalue weighted by Gasteiger charge is 2.30. The molecule has 3 aromatic rings. The van der Waals surface area contributed by atoms with Gasteiger partial charge in [-0.3, -0.25) is 4.72 Å². The number of aromatic nitrogens is 2. The first-order valence-corrected chi connectivity index (χ1v) is 8.95. The summed E-state index contributed by atoms with van der Waals surface area (Å²) in [6, 6.07) is 11.2. The Morgan fingerprint density at radius 1 is 1.08 bits per heavy atom. The quantitative estimate of drug-likeness (QED) is 0.743. The Kier molecular flexibility index (Phi) is 4.49. The van der Waals surface area contributed by atoms with Crippen molar-refractivity contribution in [1.29, 1.82) is 0 Å². The molecular formula is C17H14F3N3O2S. The number of rotatable bonds is 4. The molecule has 0 amide bonds. The van der Waals surface area contributed by atoms with Crippen molar-refractivity contribution in [3.8, 4) is 5.69 Å². The van der Waals surface area contributed by atoms with E-state index in [1.807, 2.05) is 19.1 Å². The summed E-state index contributed by atoms with van der Waals surface area (Å²) < 4.78 is 66.6. The molecule has 0 fully saturated rings. The zero-order valence-electron chi connectivity index (χ0n) is 13.5. The highest BCUT2D eigenvalue weighted by Crippen LogP contribution is 2.31. The number of benzene rings is 2. The Balaban J connectivity index is 1.86. The number of alkyl halides is 3. The molecule has 2 aromatic carbocycles. The van der Waals surface area contributed by atoms with Gasteiger partial charge in [-0.15, -0.1) is 0 Å². The second-order valence-electron chi connectivity index (χ2n) is 5.64. The van der Waals surface area contributed by atoms with Crippen molar-refractivity contribution in [3.05, 3.63) is 72.1 Å². The minimum absolute atomic E-state index is 0.157. The number of halogens is 3. The van der Waals surface area contributed by atoms with Crippen LogP contribution in [0, 0.1) is 6.92 Å². The second-order valence-corrected chi connectivity index (χ2v) is 7.32. The van der Waals surface area contributed by atoms with Crippen LogP contribution in [0.1, 0.15) is 11.1 Å². The standard InChI is InChI=1S/C17H14F3N3O2S/c1-12-5-7-15(8-6-12)23-11-16(10-21-23)26(24,25)22-14-4-2-3-13(9-14)17(18,19)20/h2-11,22H,1H3. The van der Waals surface area contributed by atoms with Gasteiger partial charge in [0.2, 0.25) is 0 Å². The molecule has 0 aliphatic heterocycles. The van der Waals surface area contributed by atoms with Crippen molar-refractivity contribution >= 4 is 15.7 Å².